The molecule has 1 amide bonds. The van der Waals surface area contributed by atoms with Crippen LogP contribution in [0.3, 0.4) is 0 Å². The third kappa shape index (κ3) is 3.33. The normalized spacial score (nSPS) is 15.8. The molecule has 4 heterocycles. The molecule has 146 valence electrons. The van der Waals surface area contributed by atoms with Gasteiger partial charge >= 0.3 is 0 Å². The maximum atomic E-state index is 13.0. The second-order valence-electron chi connectivity index (χ2n) is 6.89. The summed E-state index contributed by atoms with van der Waals surface area (Å²) in [6, 6.07) is 13.5. The van der Waals surface area contributed by atoms with Crippen molar-refractivity contribution < 1.29 is 4.79 Å². The fourth-order valence-corrected chi connectivity index (χ4v) is 4.25. The number of carbonyl (C=O) groups is 1. The molecule has 1 atom stereocenters. The first-order valence-electron chi connectivity index (χ1n) is 9.47. The van der Waals surface area contributed by atoms with Crippen LogP contribution in [0.1, 0.15) is 41.2 Å². The standard InChI is InChI=1S/C20H19N7OS/c1-13-21-18-15(9-5-11-26(18)24-13)22-20(28)17-23-19(16-10-6-12-29-16)27(25-17)14-7-3-2-4-8-14/h2-4,6-8,10,12,15H,5,9,11H2,1H3,(H,22,28). The highest BCUT2D eigenvalue weighted by Crippen LogP contribution is 2.26. The van der Waals surface area contributed by atoms with Gasteiger partial charge in [-0.25, -0.2) is 19.3 Å². The lowest BCUT2D eigenvalue weighted by Gasteiger charge is -2.22. The van der Waals surface area contributed by atoms with Crippen LogP contribution in [0.15, 0.2) is 47.8 Å². The summed E-state index contributed by atoms with van der Waals surface area (Å²) in [5.74, 6) is 2.00. The largest absolute Gasteiger partial charge is 0.339 e. The molecule has 8 nitrogen and oxygen atoms in total. The van der Waals surface area contributed by atoms with E-state index in [1.165, 1.54) is 0 Å². The molecule has 0 saturated carbocycles. The molecule has 0 fully saturated rings. The number of carbonyl (C=O) groups excluding carboxylic acids is 1. The molecule has 4 aromatic rings. The van der Waals surface area contributed by atoms with Gasteiger partial charge in [-0.1, -0.05) is 24.3 Å². The van der Waals surface area contributed by atoms with Crippen molar-refractivity contribution in [3.8, 4) is 16.4 Å². The monoisotopic (exact) mass is 405 g/mol. The number of nitrogens with one attached hydrogen (secondary N) is 1. The van der Waals surface area contributed by atoms with E-state index in [1.54, 1.807) is 16.0 Å². The average molecular weight is 405 g/mol. The van der Waals surface area contributed by atoms with Gasteiger partial charge in [-0.3, -0.25) is 4.79 Å². The molecular weight excluding hydrogens is 386 g/mol. The zero-order chi connectivity index (χ0) is 19.8. The molecule has 1 aliphatic heterocycles. The summed E-state index contributed by atoms with van der Waals surface area (Å²) in [5.41, 5.74) is 0.857. The third-order valence-electron chi connectivity index (χ3n) is 4.84. The Hall–Kier alpha value is -3.33. The van der Waals surface area contributed by atoms with Crippen LogP contribution in [-0.4, -0.2) is 35.4 Å². The van der Waals surface area contributed by atoms with E-state index in [0.717, 1.165) is 35.8 Å². The van der Waals surface area contributed by atoms with E-state index in [4.69, 9.17) is 0 Å². The van der Waals surface area contributed by atoms with E-state index < -0.39 is 0 Å². The number of aryl methyl sites for hydroxylation is 2. The molecule has 1 unspecified atom stereocenters. The van der Waals surface area contributed by atoms with Gasteiger partial charge in [0.2, 0.25) is 5.82 Å². The molecule has 3 aromatic heterocycles. The van der Waals surface area contributed by atoms with Crippen LogP contribution in [0.4, 0.5) is 0 Å². The summed E-state index contributed by atoms with van der Waals surface area (Å²) in [6.07, 6.45) is 1.76. The van der Waals surface area contributed by atoms with Crippen molar-refractivity contribution in [2.45, 2.75) is 32.4 Å². The highest BCUT2D eigenvalue weighted by atomic mass is 32.1. The van der Waals surface area contributed by atoms with Gasteiger partial charge in [-0.2, -0.15) is 5.10 Å². The van der Waals surface area contributed by atoms with Gasteiger partial charge < -0.3 is 5.32 Å². The maximum Gasteiger partial charge on any atom is 0.291 e. The highest BCUT2D eigenvalue weighted by Gasteiger charge is 2.27. The van der Waals surface area contributed by atoms with Crippen molar-refractivity contribution in [2.24, 2.45) is 0 Å². The molecule has 0 spiro atoms. The Morgan fingerprint density at radius 1 is 1.14 bits per heavy atom. The van der Waals surface area contributed by atoms with E-state index in [2.05, 4.69) is 25.5 Å². The number of hydrogen-bond donors (Lipinski definition) is 1. The SMILES string of the molecule is Cc1nc2n(n1)CCCC2NC(=O)c1nc(-c2cccs2)n(-c2ccccc2)n1. The van der Waals surface area contributed by atoms with Crippen LogP contribution >= 0.6 is 11.3 Å². The molecule has 29 heavy (non-hydrogen) atoms. The summed E-state index contributed by atoms with van der Waals surface area (Å²) >= 11 is 1.56. The lowest BCUT2D eigenvalue weighted by Crippen LogP contribution is -2.34. The second-order valence-corrected chi connectivity index (χ2v) is 7.84. The van der Waals surface area contributed by atoms with Gasteiger partial charge in [-0.15, -0.1) is 16.4 Å². The number of nitrogens with zero attached hydrogens (tertiary/aromatic N) is 6. The zero-order valence-corrected chi connectivity index (χ0v) is 16.6. The van der Waals surface area contributed by atoms with E-state index in [0.29, 0.717) is 11.6 Å². The Labute approximate surface area is 171 Å². The molecule has 9 heteroatoms. The zero-order valence-electron chi connectivity index (χ0n) is 15.8. The number of aromatic nitrogens is 6. The molecule has 1 N–H and O–H groups in total. The van der Waals surface area contributed by atoms with Crippen molar-refractivity contribution in [3.05, 3.63) is 65.3 Å². The minimum Gasteiger partial charge on any atom is -0.339 e. The van der Waals surface area contributed by atoms with Crippen molar-refractivity contribution in [1.82, 2.24) is 34.8 Å². The molecule has 0 radical (unpaired) electrons. The van der Waals surface area contributed by atoms with Gasteiger partial charge in [0.1, 0.15) is 11.6 Å². The lowest BCUT2D eigenvalue weighted by molar-refractivity contribution is 0.0917. The third-order valence-corrected chi connectivity index (χ3v) is 5.70. The van der Waals surface area contributed by atoms with E-state index in [1.807, 2.05) is 59.5 Å². The molecule has 1 aromatic carbocycles. The maximum absolute atomic E-state index is 13.0. The van der Waals surface area contributed by atoms with Crippen LogP contribution < -0.4 is 5.32 Å². The van der Waals surface area contributed by atoms with Gasteiger partial charge in [0, 0.05) is 6.54 Å². The Morgan fingerprint density at radius 2 is 2.00 bits per heavy atom. The number of para-hydroxylation sites is 1. The van der Waals surface area contributed by atoms with Gasteiger partial charge in [0.05, 0.1) is 16.6 Å². The summed E-state index contributed by atoms with van der Waals surface area (Å²) in [4.78, 5) is 23.0. The van der Waals surface area contributed by atoms with Gasteiger partial charge in [0.25, 0.3) is 5.91 Å². The first-order valence-corrected chi connectivity index (χ1v) is 10.4. The fraction of sp³-hybridized carbons (Fsp3) is 0.250. The summed E-state index contributed by atoms with van der Waals surface area (Å²) in [6.45, 7) is 2.69. The predicted molar refractivity (Wildman–Crippen MR) is 109 cm³/mol. The smallest absolute Gasteiger partial charge is 0.291 e. The van der Waals surface area contributed by atoms with Crippen LogP contribution in [-0.2, 0) is 6.54 Å². The first-order chi connectivity index (χ1) is 14.2. The van der Waals surface area contributed by atoms with Crippen LogP contribution in [0, 0.1) is 6.92 Å². The predicted octanol–water partition coefficient (Wildman–Crippen LogP) is 3.16. The average Bonchev–Trinajstić information content (AvgIpc) is 3.47. The molecule has 0 aliphatic carbocycles. The van der Waals surface area contributed by atoms with E-state index >= 15 is 0 Å². The summed E-state index contributed by atoms with van der Waals surface area (Å²) in [7, 11) is 0. The number of rotatable bonds is 4. The Kier molecular flexibility index (Phi) is 4.44. The summed E-state index contributed by atoms with van der Waals surface area (Å²) in [5, 5.41) is 13.9. The van der Waals surface area contributed by atoms with Crippen molar-refractivity contribution in [2.75, 3.05) is 0 Å². The van der Waals surface area contributed by atoms with Crippen molar-refractivity contribution >= 4 is 17.2 Å². The lowest BCUT2D eigenvalue weighted by atomic mass is 10.1. The van der Waals surface area contributed by atoms with Crippen molar-refractivity contribution in [3.63, 3.8) is 0 Å². The molecule has 0 bridgehead atoms. The highest BCUT2D eigenvalue weighted by molar-refractivity contribution is 7.13. The van der Waals surface area contributed by atoms with Gasteiger partial charge in [0.15, 0.2) is 5.82 Å². The minimum atomic E-state index is -0.309. The van der Waals surface area contributed by atoms with Crippen LogP contribution in [0.2, 0.25) is 0 Å². The second kappa shape index (κ2) is 7.25. The van der Waals surface area contributed by atoms with Crippen molar-refractivity contribution in [1.29, 1.82) is 0 Å². The Morgan fingerprint density at radius 3 is 2.79 bits per heavy atom. The minimum absolute atomic E-state index is 0.144. The Balaban J connectivity index is 1.48. The fourth-order valence-electron chi connectivity index (χ4n) is 3.55. The summed E-state index contributed by atoms with van der Waals surface area (Å²) < 4.78 is 3.59. The van der Waals surface area contributed by atoms with Crippen LogP contribution in [0.25, 0.3) is 16.4 Å². The first kappa shape index (κ1) is 17.7. The number of thiophene rings is 1. The van der Waals surface area contributed by atoms with Crippen LogP contribution in [0.5, 0.6) is 0 Å². The number of amides is 1. The Bertz CT molecular complexity index is 1150. The topological polar surface area (TPSA) is 90.5 Å². The molecule has 1 aliphatic rings. The number of hydrogen-bond acceptors (Lipinski definition) is 6. The number of benzene rings is 1. The molecule has 5 rings (SSSR count). The quantitative estimate of drug-likeness (QED) is 0.563. The molecule has 0 saturated heterocycles. The molecular formula is C20H19N7OS. The number of fused-ring (bicyclic) bond motifs is 1. The van der Waals surface area contributed by atoms with E-state index in [-0.39, 0.29) is 17.8 Å². The van der Waals surface area contributed by atoms with E-state index in [9.17, 15) is 4.79 Å². The van der Waals surface area contributed by atoms with Gasteiger partial charge in [-0.05, 0) is 43.3 Å².